The number of rotatable bonds is 1. The lowest BCUT2D eigenvalue weighted by atomic mass is 10.2. The molecule has 0 aliphatic heterocycles. The molecule has 0 saturated heterocycles. The number of thiophene rings is 1. The van der Waals surface area contributed by atoms with Gasteiger partial charge in [-0.25, -0.2) is 9.97 Å². The van der Waals surface area contributed by atoms with E-state index in [2.05, 4.69) is 25.9 Å². The molecule has 0 amide bonds. The zero-order valence-electron chi connectivity index (χ0n) is 9.45. The van der Waals surface area contributed by atoms with Crippen molar-refractivity contribution in [1.29, 1.82) is 0 Å². The van der Waals surface area contributed by atoms with Crippen molar-refractivity contribution in [1.82, 2.24) is 9.97 Å². The SMILES string of the molecule is Cc1cc(Br)c2nc(-c3cccs3)nc(Cl)c2c1. The van der Waals surface area contributed by atoms with Gasteiger partial charge in [-0.2, -0.15) is 0 Å². The number of benzene rings is 1. The van der Waals surface area contributed by atoms with Gasteiger partial charge in [-0.3, -0.25) is 0 Å². The monoisotopic (exact) mass is 338 g/mol. The lowest BCUT2D eigenvalue weighted by molar-refractivity contribution is 1.23. The topological polar surface area (TPSA) is 25.8 Å². The van der Waals surface area contributed by atoms with E-state index in [1.165, 1.54) is 0 Å². The van der Waals surface area contributed by atoms with Gasteiger partial charge in [0.15, 0.2) is 5.82 Å². The lowest BCUT2D eigenvalue weighted by Gasteiger charge is -2.06. The third kappa shape index (κ3) is 2.05. The maximum Gasteiger partial charge on any atom is 0.171 e. The highest BCUT2D eigenvalue weighted by Crippen LogP contribution is 2.31. The predicted octanol–water partition coefficient (Wildman–Crippen LogP) is 5.08. The smallest absolute Gasteiger partial charge is 0.171 e. The minimum absolute atomic E-state index is 0.493. The van der Waals surface area contributed by atoms with E-state index in [-0.39, 0.29) is 0 Å². The van der Waals surface area contributed by atoms with Crippen LogP contribution in [0, 0.1) is 6.92 Å². The van der Waals surface area contributed by atoms with Crippen LogP contribution < -0.4 is 0 Å². The van der Waals surface area contributed by atoms with Crippen molar-refractivity contribution in [2.75, 3.05) is 0 Å². The first-order valence-electron chi connectivity index (χ1n) is 5.32. The highest BCUT2D eigenvalue weighted by atomic mass is 79.9. The second kappa shape index (κ2) is 4.61. The summed E-state index contributed by atoms with van der Waals surface area (Å²) in [6, 6.07) is 8.00. The van der Waals surface area contributed by atoms with Crippen molar-refractivity contribution in [3.8, 4) is 10.7 Å². The fraction of sp³-hybridized carbons (Fsp3) is 0.0769. The van der Waals surface area contributed by atoms with Gasteiger partial charge >= 0.3 is 0 Å². The third-order valence-electron chi connectivity index (χ3n) is 2.59. The Kier molecular flexibility index (Phi) is 3.09. The standard InChI is InChI=1S/C13H8BrClN2S/c1-7-5-8-11(9(14)6-7)16-13(17-12(8)15)10-3-2-4-18-10/h2-6H,1H3. The molecule has 0 aliphatic rings. The second-order valence-corrected chi connectivity index (χ2v) is 6.12. The summed E-state index contributed by atoms with van der Waals surface area (Å²) in [5.74, 6) is 0.673. The molecule has 3 aromatic rings. The van der Waals surface area contributed by atoms with Gasteiger partial charge in [-0.05, 0) is 52.0 Å². The van der Waals surface area contributed by atoms with Crippen molar-refractivity contribution < 1.29 is 0 Å². The van der Waals surface area contributed by atoms with Gasteiger partial charge in [-0.1, -0.05) is 17.7 Å². The van der Waals surface area contributed by atoms with E-state index in [0.717, 1.165) is 25.8 Å². The molecular formula is C13H8BrClN2S. The number of aromatic nitrogens is 2. The molecule has 18 heavy (non-hydrogen) atoms. The quantitative estimate of drug-likeness (QED) is 0.578. The Morgan fingerprint density at radius 1 is 1.28 bits per heavy atom. The van der Waals surface area contributed by atoms with Gasteiger partial charge in [0.1, 0.15) is 5.15 Å². The van der Waals surface area contributed by atoms with Gasteiger partial charge in [0.2, 0.25) is 0 Å². The summed E-state index contributed by atoms with van der Waals surface area (Å²) in [4.78, 5) is 9.98. The molecule has 1 aromatic carbocycles. The molecule has 2 nitrogen and oxygen atoms in total. The van der Waals surface area contributed by atoms with Crippen molar-refractivity contribution in [2.24, 2.45) is 0 Å². The molecule has 0 atom stereocenters. The van der Waals surface area contributed by atoms with Crippen LogP contribution in [0.4, 0.5) is 0 Å². The van der Waals surface area contributed by atoms with E-state index in [9.17, 15) is 0 Å². The van der Waals surface area contributed by atoms with E-state index >= 15 is 0 Å². The average Bonchev–Trinajstić information content (AvgIpc) is 2.83. The first-order valence-corrected chi connectivity index (χ1v) is 7.37. The van der Waals surface area contributed by atoms with Crippen LogP contribution in [0.25, 0.3) is 21.6 Å². The summed E-state index contributed by atoms with van der Waals surface area (Å²) in [7, 11) is 0. The van der Waals surface area contributed by atoms with Crippen LogP contribution in [-0.2, 0) is 0 Å². The highest BCUT2D eigenvalue weighted by Gasteiger charge is 2.11. The van der Waals surface area contributed by atoms with Gasteiger partial charge in [-0.15, -0.1) is 11.3 Å². The van der Waals surface area contributed by atoms with Crippen molar-refractivity contribution in [3.63, 3.8) is 0 Å². The van der Waals surface area contributed by atoms with Gasteiger partial charge < -0.3 is 0 Å². The van der Waals surface area contributed by atoms with Crippen molar-refractivity contribution >= 4 is 49.8 Å². The highest BCUT2D eigenvalue weighted by molar-refractivity contribution is 9.10. The summed E-state index contributed by atoms with van der Waals surface area (Å²) in [6.45, 7) is 2.02. The van der Waals surface area contributed by atoms with Gasteiger partial charge in [0.25, 0.3) is 0 Å². The number of hydrogen-bond acceptors (Lipinski definition) is 3. The van der Waals surface area contributed by atoms with Crippen LogP contribution in [0.5, 0.6) is 0 Å². The first kappa shape index (κ1) is 12.1. The molecule has 0 radical (unpaired) electrons. The number of hydrogen-bond donors (Lipinski definition) is 0. The van der Waals surface area contributed by atoms with E-state index in [1.807, 2.05) is 36.6 Å². The second-order valence-electron chi connectivity index (χ2n) is 3.96. The van der Waals surface area contributed by atoms with Crippen molar-refractivity contribution in [2.45, 2.75) is 6.92 Å². The Bertz CT molecular complexity index is 725. The fourth-order valence-electron chi connectivity index (χ4n) is 1.81. The number of nitrogens with zero attached hydrogens (tertiary/aromatic N) is 2. The predicted molar refractivity (Wildman–Crippen MR) is 80.3 cm³/mol. The summed E-state index contributed by atoms with van der Waals surface area (Å²) in [6.07, 6.45) is 0. The molecule has 0 fully saturated rings. The molecule has 2 heterocycles. The zero-order chi connectivity index (χ0) is 12.7. The Labute approximate surface area is 122 Å². The third-order valence-corrected chi connectivity index (χ3v) is 4.35. The molecule has 3 rings (SSSR count). The molecule has 5 heteroatoms. The Morgan fingerprint density at radius 2 is 2.11 bits per heavy atom. The van der Waals surface area contributed by atoms with E-state index < -0.39 is 0 Å². The maximum absolute atomic E-state index is 6.26. The fourth-order valence-corrected chi connectivity index (χ4v) is 3.35. The molecule has 0 bridgehead atoms. The lowest BCUT2D eigenvalue weighted by Crippen LogP contribution is -1.92. The minimum Gasteiger partial charge on any atom is -0.226 e. The van der Waals surface area contributed by atoms with E-state index in [4.69, 9.17) is 11.6 Å². The van der Waals surface area contributed by atoms with E-state index in [0.29, 0.717) is 11.0 Å². The molecular weight excluding hydrogens is 332 g/mol. The average molecular weight is 340 g/mol. The Morgan fingerprint density at radius 3 is 2.83 bits per heavy atom. The zero-order valence-corrected chi connectivity index (χ0v) is 12.6. The van der Waals surface area contributed by atoms with E-state index in [1.54, 1.807) is 11.3 Å². The van der Waals surface area contributed by atoms with Crippen LogP contribution >= 0.6 is 38.9 Å². The number of halogens is 2. The van der Waals surface area contributed by atoms with Gasteiger partial charge in [0, 0.05) is 9.86 Å². The van der Waals surface area contributed by atoms with Crippen LogP contribution in [-0.4, -0.2) is 9.97 Å². The normalized spacial score (nSPS) is 11.1. The summed E-state index contributed by atoms with van der Waals surface area (Å²) in [5.41, 5.74) is 1.98. The molecule has 2 aromatic heterocycles. The summed E-state index contributed by atoms with van der Waals surface area (Å²) in [5, 5.41) is 3.37. The molecule has 0 N–H and O–H groups in total. The largest absolute Gasteiger partial charge is 0.226 e. The Hall–Kier alpha value is -0.970. The number of aryl methyl sites for hydroxylation is 1. The van der Waals surface area contributed by atoms with Crippen LogP contribution in [0.15, 0.2) is 34.1 Å². The summed E-state index contributed by atoms with van der Waals surface area (Å²) >= 11 is 11.4. The maximum atomic E-state index is 6.26. The molecule has 0 aliphatic carbocycles. The first-order chi connectivity index (χ1) is 8.65. The van der Waals surface area contributed by atoms with Crippen LogP contribution in [0.1, 0.15) is 5.56 Å². The number of fused-ring (bicyclic) bond motifs is 1. The summed E-state index contributed by atoms with van der Waals surface area (Å²) < 4.78 is 0.944. The molecule has 90 valence electrons. The van der Waals surface area contributed by atoms with Crippen LogP contribution in [0.3, 0.4) is 0 Å². The van der Waals surface area contributed by atoms with Crippen molar-refractivity contribution in [3.05, 3.63) is 44.8 Å². The molecule has 0 saturated carbocycles. The minimum atomic E-state index is 0.493. The van der Waals surface area contributed by atoms with Crippen LogP contribution in [0.2, 0.25) is 5.15 Å². The molecule has 0 spiro atoms. The van der Waals surface area contributed by atoms with Gasteiger partial charge in [0.05, 0.1) is 10.4 Å². The Balaban J connectivity index is 2.34. The molecule has 0 unspecified atom stereocenters.